The normalized spacial score (nSPS) is 11.2. The molecule has 144 valence electrons. The lowest BCUT2D eigenvalue weighted by atomic mass is 10.1. The molecule has 8 heteroatoms. The Labute approximate surface area is 162 Å². The number of fused-ring (bicyclic) bond motifs is 1. The highest BCUT2D eigenvalue weighted by molar-refractivity contribution is 7.92. The number of hydrogen-bond donors (Lipinski definition) is 0. The van der Waals surface area contributed by atoms with Crippen LogP contribution < -0.4 is 9.04 Å². The molecule has 0 saturated heterocycles. The van der Waals surface area contributed by atoms with Gasteiger partial charge in [-0.05, 0) is 29.0 Å². The number of ether oxygens (including phenoxy) is 1. The molecular formula is C20H18N2O5S. The monoisotopic (exact) mass is 398 g/mol. The molecule has 0 amide bonds. The summed E-state index contributed by atoms with van der Waals surface area (Å²) in [6.07, 6.45) is 1.41. The van der Waals surface area contributed by atoms with Crippen molar-refractivity contribution in [3.63, 3.8) is 0 Å². The maximum atomic E-state index is 13.4. The number of hydrogen-bond acceptors (Lipinski definition) is 5. The molecule has 0 N–H and O–H groups in total. The lowest BCUT2D eigenvalue weighted by Crippen LogP contribution is -2.31. The van der Waals surface area contributed by atoms with E-state index in [0.717, 1.165) is 15.1 Å². The minimum atomic E-state index is -4.02. The minimum Gasteiger partial charge on any atom is -0.495 e. The number of nitrogens with zero attached hydrogens (tertiary/aromatic N) is 2. The van der Waals surface area contributed by atoms with Crippen molar-refractivity contribution >= 4 is 32.2 Å². The third kappa shape index (κ3) is 3.54. The highest BCUT2D eigenvalue weighted by Gasteiger charge is 2.28. The molecule has 28 heavy (non-hydrogen) atoms. The molecule has 0 aliphatic rings. The van der Waals surface area contributed by atoms with Gasteiger partial charge in [-0.1, -0.05) is 36.4 Å². The van der Waals surface area contributed by atoms with Crippen molar-refractivity contribution in [2.75, 3.05) is 18.0 Å². The van der Waals surface area contributed by atoms with Crippen LogP contribution in [0, 0.1) is 10.1 Å². The van der Waals surface area contributed by atoms with E-state index in [-0.39, 0.29) is 28.6 Å². The minimum absolute atomic E-state index is 0.0709. The molecule has 3 aromatic carbocycles. The number of nitro benzene ring substituents is 1. The summed E-state index contributed by atoms with van der Waals surface area (Å²) in [6.45, 7) is 3.54. The van der Waals surface area contributed by atoms with E-state index in [2.05, 4.69) is 6.58 Å². The van der Waals surface area contributed by atoms with Gasteiger partial charge in [0.15, 0.2) is 0 Å². The second-order valence-electron chi connectivity index (χ2n) is 5.95. The summed E-state index contributed by atoms with van der Waals surface area (Å²) in [7, 11) is -2.65. The molecule has 7 nitrogen and oxygen atoms in total. The Bertz CT molecular complexity index is 1160. The molecular weight excluding hydrogens is 380 g/mol. The van der Waals surface area contributed by atoms with E-state index in [9.17, 15) is 18.5 Å². The van der Waals surface area contributed by atoms with Crippen LogP contribution >= 0.6 is 0 Å². The van der Waals surface area contributed by atoms with Gasteiger partial charge in [0.25, 0.3) is 15.7 Å². The Morgan fingerprint density at radius 1 is 1.11 bits per heavy atom. The Morgan fingerprint density at radius 2 is 1.82 bits per heavy atom. The average molecular weight is 398 g/mol. The molecule has 0 saturated carbocycles. The van der Waals surface area contributed by atoms with E-state index in [1.165, 1.54) is 37.5 Å². The van der Waals surface area contributed by atoms with Gasteiger partial charge in [0.05, 0.1) is 23.5 Å². The van der Waals surface area contributed by atoms with Crippen LogP contribution in [0.15, 0.2) is 78.2 Å². The van der Waals surface area contributed by atoms with Crippen molar-refractivity contribution in [3.8, 4) is 5.75 Å². The standard InChI is InChI=1S/C20H18N2O5S/c1-3-12-21(19-14-17(22(23)24)9-11-20(19)27-2)28(25,26)18-10-8-15-6-4-5-7-16(15)13-18/h3-11,13-14H,1,12H2,2H3. The summed E-state index contributed by atoms with van der Waals surface area (Å²) in [4.78, 5) is 10.7. The zero-order valence-electron chi connectivity index (χ0n) is 15.1. The third-order valence-electron chi connectivity index (χ3n) is 4.25. The fraction of sp³-hybridized carbons (Fsp3) is 0.100. The van der Waals surface area contributed by atoms with Gasteiger partial charge in [0.2, 0.25) is 0 Å². The molecule has 0 aliphatic heterocycles. The molecule has 0 radical (unpaired) electrons. The maximum absolute atomic E-state index is 13.4. The number of anilines is 1. The van der Waals surface area contributed by atoms with Crippen molar-refractivity contribution in [1.29, 1.82) is 0 Å². The first kappa shape index (κ1) is 19.4. The smallest absolute Gasteiger partial charge is 0.271 e. The topological polar surface area (TPSA) is 89.8 Å². The third-order valence-corrected chi connectivity index (χ3v) is 6.02. The molecule has 0 atom stereocenters. The zero-order valence-corrected chi connectivity index (χ0v) is 15.9. The maximum Gasteiger partial charge on any atom is 0.271 e. The Morgan fingerprint density at radius 3 is 2.46 bits per heavy atom. The Kier molecular flexibility index (Phi) is 5.32. The number of nitro groups is 1. The number of methoxy groups -OCH3 is 1. The van der Waals surface area contributed by atoms with Crippen molar-refractivity contribution < 1.29 is 18.1 Å². The van der Waals surface area contributed by atoms with Crippen molar-refractivity contribution in [2.45, 2.75) is 4.90 Å². The van der Waals surface area contributed by atoms with E-state index >= 15 is 0 Å². The van der Waals surface area contributed by atoms with Crippen molar-refractivity contribution in [2.24, 2.45) is 0 Å². The number of sulfonamides is 1. The fourth-order valence-electron chi connectivity index (χ4n) is 2.89. The predicted molar refractivity (Wildman–Crippen MR) is 108 cm³/mol. The number of benzene rings is 3. The molecule has 0 bridgehead atoms. The first-order valence-electron chi connectivity index (χ1n) is 8.33. The Balaban J connectivity index is 2.19. The van der Waals surface area contributed by atoms with Crippen LogP contribution in [0.4, 0.5) is 11.4 Å². The quantitative estimate of drug-likeness (QED) is 0.339. The molecule has 0 aliphatic carbocycles. The van der Waals surface area contributed by atoms with Crippen LogP contribution in [0.1, 0.15) is 0 Å². The van der Waals surface area contributed by atoms with Gasteiger partial charge in [0, 0.05) is 12.1 Å². The Hall–Kier alpha value is -3.39. The second-order valence-corrected chi connectivity index (χ2v) is 7.81. The van der Waals surface area contributed by atoms with E-state index in [0.29, 0.717) is 0 Å². The SMILES string of the molecule is C=CCN(c1cc([N+](=O)[O-])ccc1OC)S(=O)(=O)c1ccc2ccccc2c1. The molecule has 0 unspecified atom stereocenters. The first-order chi connectivity index (χ1) is 13.4. The first-order valence-corrected chi connectivity index (χ1v) is 9.77. The summed E-state index contributed by atoms with van der Waals surface area (Å²) < 4.78 is 33.0. The molecule has 0 heterocycles. The van der Waals surface area contributed by atoms with Crippen molar-refractivity contribution in [1.82, 2.24) is 0 Å². The summed E-state index contributed by atoms with van der Waals surface area (Å²) >= 11 is 0. The molecule has 0 fully saturated rings. The summed E-state index contributed by atoms with van der Waals surface area (Å²) in [5.74, 6) is 0.205. The number of rotatable bonds is 7. The van der Waals surface area contributed by atoms with E-state index in [4.69, 9.17) is 4.74 Å². The van der Waals surface area contributed by atoms with Crippen LogP contribution in [-0.4, -0.2) is 27.0 Å². The largest absolute Gasteiger partial charge is 0.495 e. The van der Waals surface area contributed by atoms with Gasteiger partial charge >= 0.3 is 0 Å². The van der Waals surface area contributed by atoms with Gasteiger partial charge in [-0.2, -0.15) is 0 Å². The van der Waals surface area contributed by atoms with Crippen LogP contribution in [0.2, 0.25) is 0 Å². The van der Waals surface area contributed by atoms with Gasteiger partial charge in [0.1, 0.15) is 11.4 Å². The summed E-state index contributed by atoms with van der Waals surface area (Å²) in [5.41, 5.74) is -0.164. The van der Waals surface area contributed by atoms with Crippen LogP contribution in [0.3, 0.4) is 0 Å². The van der Waals surface area contributed by atoms with Crippen molar-refractivity contribution in [3.05, 3.63) is 83.4 Å². The predicted octanol–water partition coefficient (Wildman–Crippen LogP) is 4.14. The molecule has 3 aromatic rings. The van der Waals surface area contributed by atoms with E-state index < -0.39 is 14.9 Å². The molecule has 0 aromatic heterocycles. The van der Waals surface area contributed by atoms with Gasteiger partial charge < -0.3 is 4.74 Å². The van der Waals surface area contributed by atoms with Crippen LogP contribution in [0.5, 0.6) is 5.75 Å². The average Bonchev–Trinajstić information content (AvgIpc) is 2.71. The fourth-order valence-corrected chi connectivity index (χ4v) is 4.36. The molecule has 3 rings (SSSR count). The second kappa shape index (κ2) is 7.69. The summed E-state index contributed by atoms with van der Waals surface area (Å²) in [6, 6.07) is 16.0. The lowest BCUT2D eigenvalue weighted by molar-refractivity contribution is -0.384. The van der Waals surface area contributed by atoms with E-state index in [1.54, 1.807) is 12.1 Å². The zero-order chi connectivity index (χ0) is 20.3. The lowest BCUT2D eigenvalue weighted by Gasteiger charge is -2.25. The van der Waals surface area contributed by atoms with Crippen LogP contribution in [0.25, 0.3) is 10.8 Å². The highest BCUT2D eigenvalue weighted by atomic mass is 32.2. The van der Waals surface area contributed by atoms with E-state index in [1.807, 2.05) is 24.3 Å². The molecule has 0 spiro atoms. The number of non-ortho nitro benzene ring substituents is 1. The van der Waals surface area contributed by atoms with Gasteiger partial charge in [-0.3, -0.25) is 14.4 Å². The van der Waals surface area contributed by atoms with Gasteiger partial charge in [-0.25, -0.2) is 8.42 Å². The van der Waals surface area contributed by atoms with Crippen LogP contribution in [-0.2, 0) is 10.0 Å². The summed E-state index contributed by atoms with van der Waals surface area (Å²) in [5, 5.41) is 12.9. The highest BCUT2D eigenvalue weighted by Crippen LogP contribution is 2.36. The van der Waals surface area contributed by atoms with Gasteiger partial charge in [-0.15, -0.1) is 6.58 Å².